The Morgan fingerprint density at radius 3 is 2.21 bits per heavy atom. The van der Waals surface area contributed by atoms with E-state index in [-0.39, 0.29) is 11.3 Å². The quantitative estimate of drug-likeness (QED) is 0.753. The number of allylic oxidation sites excluding steroid dienone is 1. The highest BCUT2D eigenvalue weighted by Gasteiger charge is 2.29. The minimum Gasteiger partial charge on any atom is -0.496 e. The lowest BCUT2D eigenvalue weighted by atomic mass is 9.84. The Morgan fingerprint density at radius 1 is 0.931 bits per heavy atom. The number of hydrogen-bond donors (Lipinski definition) is 1. The SMILES string of the molecule is COc1ccc(/C=C2/C(=O)CCc3c2cc(OC)c(OC)c3OC)cc1C(N)=O. The number of amides is 1. The Labute approximate surface area is 169 Å². The molecule has 2 aromatic carbocycles. The molecule has 7 heteroatoms. The Hall–Kier alpha value is -3.48. The predicted octanol–water partition coefficient (Wildman–Crippen LogP) is 2.88. The fourth-order valence-electron chi connectivity index (χ4n) is 3.56. The van der Waals surface area contributed by atoms with Crippen LogP contribution >= 0.6 is 0 Å². The average Bonchev–Trinajstić information content (AvgIpc) is 2.73. The fraction of sp³-hybridized carbons (Fsp3) is 0.273. The zero-order valence-corrected chi connectivity index (χ0v) is 16.8. The molecule has 3 rings (SSSR count). The van der Waals surface area contributed by atoms with Crippen molar-refractivity contribution in [2.75, 3.05) is 28.4 Å². The van der Waals surface area contributed by atoms with Gasteiger partial charge in [0, 0.05) is 17.6 Å². The molecular weight excluding hydrogens is 374 g/mol. The van der Waals surface area contributed by atoms with E-state index < -0.39 is 5.91 Å². The molecule has 152 valence electrons. The number of nitrogens with two attached hydrogens (primary N) is 1. The first-order valence-corrected chi connectivity index (χ1v) is 9.00. The number of primary amides is 1. The first-order chi connectivity index (χ1) is 13.9. The van der Waals surface area contributed by atoms with Crippen molar-refractivity contribution in [1.82, 2.24) is 0 Å². The number of fused-ring (bicyclic) bond motifs is 1. The average molecular weight is 397 g/mol. The van der Waals surface area contributed by atoms with E-state index in [4.69, 9.17) is 24.7 Å². The van der Waals surface area contributed by atoms with Crippen LogP contribution in [0.5, 0.6) is 23.0 Å². The number of hydrogen-bond acceptors (Lipinski definition) is 6. The van der Waals surface area contributed by atoms with Crippen LogP contribution in [0, 0.1) is 0 Å². The maximum Gasteiger partial charge on any atom is 0.252 e. The molecule has 0 heterocycles. The maximum atomic E-state index is 12.8. The van der Waals surface area contributed by atoms with E-state index >= 15 is 0 Å². The Morgan fingerprint density at radius 2 is 1.62 bits per heavy atom. The van der Waals surface area contributed by atoms with Gasteiger partial charge in [-0.05, 0) is 41.8 Å². The molecule has 0 aromatic heterocycles. The van der Waals surface area contributed by atoms with Crippen LogP contribution in [-0.4, -0.2) is 40.1 Å². The first kappa shape index (κ1) is 20.3. The van der Waals surface area contributed by atoms with Gasteiger partial charge in [0.25, 0.3) is 5.91 Å². The third-order valence-electron chi connectivity index (χ3n) is 4.93. The van der Waals surface area contributed by atoms with Crippen LogP contribution < -0.4 is 24.7 Å². The molecule has 7 nitrogen and oxygen atoms in total. The lowest BCUT2D eigenvalue weighted by Gasteiger charge is -2.24. The topological polar surface area (TPSA) is 97.1 Å². The molecule has 1 aliphatic rings. The molecule has 0 unspecified atom stereocenters. The molecule has 0 saturated heterocycles. The molecule has 1 aliphatic carbocycles. The van der Waals surface area contributed by atoms with E-state index in [0.29, 0.717) is 52.5 Å². The van der Waals surface area contributed by atoms with Gasteiger partial charge in [-0.25, -0.2) is 0 Å². The molecule has 2 N–H and O–H groups in total. The highest BCUT2D eigenvalue weighted by atomic mass is 16.5. The molecule has 0 saturated carbocycles. The van der Waals surface area contributed by atoms with Crippen LogP contribution in [0.4, 0.5) is 0 Å². The summed E-state index contributed by atoms with van der Waals surface area (Å²) < 4.78 is 21.6. The van der Waals surface area contributed by atoms with Crippen LogP contribution in [0.2, 0.25) is 0 Å². The number of carbonyl (C=O) groups excluding carboxylic acids is 2. The van der Waals surface area contributed by atoms with E-state index in [2.05, 4.69) is 0 Å². The number of Topliss-reactive ketones (excluding diaryl/α,β-unsaturated/α-hetero) is 1. The van der Waals surface area contributed by atoms with Crippen molar-refractivity contribution < 1.29 is 28.5 Å². The predicted molar refractivity (Wildman–Crippen MR) is 109 cm³/mol. The third-order valence-corrected chi connectivity index (χ3v) is 4.93. The second-order valence-corrected chi connectivity index (χ2v) is 6.48. The van der Waals surface area contributed by atoms with Gasteiger partial charge in [-0.1, -0.05) is 6.07 Å². The lowest BCUT2D eigenvalue weighted by molar-refractivity contribution is -0.113. The number of benzene rings is 2. The van der Waals surface area contributed by atoms with Gasteiger partial charge in [0.1, 0.15) is 5.75 Å². The maximum absolute atomic E-state index is 12.8. The highest BCUT2D eigenvalue weighted by Crippen LogP contribution is 2.46. The zero-order valence-electron chi connectivity index (χ0n) is 16.8. The zero-order chi connectivity index (χ0) is 21.1. The third kappa shape index (κ3) is 3.63. The summed E-state index contributed by atoms with van der Waals surface area (Å²) in [5.74, 6) is 1.27. The van der Waals surface area contributed by atoms with Gasteiger partial charge in [-0.2, -0.15) is 0 Å². The molecule has 0 bridgehead atoms. The number of ether oxygens (including phenoxy) is 4. The smallest absolute Gasteiger partial charge is 0.252 e. The summed E-state index contributed by atoms with van der Waals surface area (Å²) >= 11 is 0. The molecular formula is C22H23NO6. The Balaban J connectivity index is 2.21. The highest BCUT2D eigenvalue weighted by molar-refractivity contribution is 6.27. The monoisotopic (exact) mass is 397 g/mol. The van der Waals surface area contributed by atoms with Crippen molar-refractivity contribution in [2.24, 2.45) is 5.73 Å². The summed E-state index contributed by atoms with van der Waals surface area (Å²) in [6, 6.07) is 6.79. The fourth-order valence-corrected chi connectivity index (χ4v) is 3.56. The van der Waals surface area contributed by atoms with Crippen LogP contribution in [-0.2, 0) is 11.2 Å². The summed E-state index contributed by atoms with van der Waals surface area (Å²) in [6.07, 6.45) is 2.60. The van der Waals surface area contributed by atoms with E-state index in [1.165, 1.54) is 14.2 Å². The van der Waals surface area contributed by atoms with E-state index in [1.54, 1.807) is 44.6 Å². The van der Waals surface area contributed by atoms with Crippen molar-refractivity contribution in [3.05, 3.63) is 46.5 Å². The number of methoxy groups -OCH3 is 4. The Bertz CT molecular complexity index is 1010. The van der Waals surface area contributed by atoms with Crippen molar-refractivity contribution in [3.63, 3.8) is 0 Å². The van der Waals surface area contributed by atoms with Crippen LogP contribution in [0.25, 0.3) is 11.6 Å². The second-order valence-electron chi connectivity index (χ2n) is 6.48. The first-order valence-electron chi connectivity index (χ1n) is 9.00. The number of carbonyl (C=O) groups is 2. The van der Waals surface area contributed by atoms with Crippen molar-refractivity contribution in [2.45, 2.75) is 12.8 Å². The van der Waals surface area contributed by atoms with E-state index in [9.17, 15) is 9.59 Å². The molecule has 0 atom stereocenters. The number of rotatable bonds is 6. The molecule has 0 aliphatic heterocycles. The summed E-state index contributed by atoms with van der Waals surface area (Å²) in [7, 11) is 6.09. The molecule has 1 amide bonds. The minimum atomic E-state index is -0.606. The van der Waals surface area contributed by atoms with Gasteiger partial charge in [0.15, 0.2) is 17.3 Å². The van der Waals surface area contributed by atoms with E-state index in [1.807, 2.05) is 0 Å². The summed E-state index contributed by atoms with van der Waals surface area (Å²) in [5, 5.41) is 0. The lowest BCUT2D eigenvalue weighted by Crippen LogP contribution is -2.15. The van der Waals surface area contributed by atoms with Crippen molar-refractivity contribution in [1.29, 1.82) is 0 Å². The van der Waals surface area contributed by atoms with Gasteiger partial charge < -0.3 is 24.7 Å². The molecule has 0 spiro atoms. The number of ketones is 1. The van der Waals surface area contributed by atoms with E-state index in [0.717, 1.165) is 5.56 Å². The van der Waals surface area contributed by atoms with Gasteiger partial charge in [-0.15, -0.1) is 0 Å². The normalized spacial score (nSPS) is 14.3. The molecule has 0 fully saturated rings. The summed E-state index contributed by atoms with van der Waals surface area (Å²) in [4.78, 5) is 24.5. The largest absolute Gasteiger partial charge is 0.496 e. The van der Waals surface area contributed by atoms with Crippen LogP contribution in [0.3, 0.4) is 0 Å². The van der Waals surface area contributed by atoms with Gasteiger partial charge in [0.2, 0.25) is 5.75 Å². The minimum absolute atomic E-state index is 0.0109. The van der Waals surface area contributed by atoms with Crippen LogP contribution in [0.1, 0.15) is 33.5 Å². The van der Waals surface area contributed by atoms with Crippen molar-refractivity contribution in [3.8, 4) is 23.0 Å². The standard InChI is InChI=1S/C22H23NO6/c1-26-18-8-5-12(10-16(18)22(23)25)9-15-14-11-19(27-2)21(29-4)20(28-3)13(14)6-7-17(15)24/h5,8-11H,6-7H2,1-4H3,(H2,23,25)/b15-9+. The van der Waals surface area contributed by atoms with Crippen LogP contribution in [0.15, 0.2) is 24.3 Å². The molecule has 29 heavy (non-hydrogen) atoms. The van der Waals surface area contributed by atoms with Gasteiger partial charge in [-0.3, -0.25) is 9.59 Å². The van der Waals surface area contributed by atoms with Crippen molar-refractivity contribution >= 4 is 23.3 Å². The summed E-state index contributed by atoms with van der Waals surface area (Å²) in [6.45, 7) is 0. The Kier molecular flexibility index (Phi) is 5.77. The second kappa shape index (κ2) is 8.26. The van der Waals surface area contributed by atoms with Gasteiger partial charge >= 0.3 is 0 Å². The molecule has 0 radical (unpaired) electrons. The summed E-state index contributed by atoms with van der Waals surface area (Å²) in [5.41, 5.74) is 8.45. The van der Waals surface area contributed by atoms with Gasteiger partial charge in [0.05, 0.1) is 34.0 Å². The molecule has 2 aromatic rings.